The third kappa shape index (κ3) is 2.44. The van der Waals surface area contributed by atoms with Crippen LogP contribution < -0.4 is 10.1 Å². The minimum Gasteiger partial charge on any atom is -0.496 e. The van der Waals surface area contributed by atoms with E-state index in [4.69, 9.17) is 21.4 Å². The molecule has 0 aliphatic heterocycles. The highest BCUT2D eigenvalue weighted by Crippen LogP contribution is 2.49. The van der Waals surface area contributed by atoms with E-state index in [1.165, 1.54) is 0 Å². The van der Waals surface area contributed by atoms with Gasteiger partial charge in [0, 0.05) is 16.6 Å². The third-order valence-electron chi connectivity index (χ3n) is 3.42. The molecule has 98 valence electrons. The first-order valence-electron chi connectivity index (χ1n) is 5.82. The summed E-state index contributed by atoms with van der Waals surface area (Å²) in [5.74, 6) is -0.179. The van der Waals surface area contributed by atoms with Gasteiger partial charge in [0.15, 0.2) is 0 Å². The molecular formula is C13H16ClNO3. The zero-order valence-electron chi connectivity index (χ0n) is 10.3. The van der Waals surface area contributed by atoms with Crippen LogP contribution in [0.2, 0.25) is 5.02 Å². The Morgan fingerprint density at radius 2 is 2.33 bits per heavy atom. The van der Waals surface area contributed by atoms with Crippen molar-refractivity contribution in [3.63, 3.8) is 0 Å². The number of hydrogen-bond acceptors (Lipinski definition) is 3. The molecule has 5 heteroatoms. The van der Waals surface area contributed by atoms with Crippen molar-refractivity contribution in [2.24, 2.45) is 11.8 Å². The Balaban J connectivity index is 2.28. The summed E-state index contributed by atoms with van der Waals surface area (Å²) in [5.41, 5.74) is 0.918. The van der Waals surface area contributed by atoms with E-state index in [0.29, 0.717) is 11.4 Å². The molecule has 0 spiro atoms. The van der Waals surface area contributed by atoms with Crippen molar-refractivity contribution >= 4 is 17.6 Å². The summed E-state index contributed by atoms with van der Waals surface area (Å²) < 4.78 is 5.31. The van der Waals surface area contributed by atoms with Crippen LogP contribution in [0, 0.1) is 11.8 Å². The maximum absolute atomic E-state index is 11.0. The zero-order valence-corrected chi connectivity index (χ0v) is 11.1. The van der Waals surface area contributed by atoms with Gasteiger partial charge in [0.25, 0.3) is 0 Å². The highest BCUT2D eigenvalue weighted by atomic mass is 35.5. The zero-order chi connectivity index (χ0) is 13.3. The summed E-state index contributed by atoms with van der Waals surface area (Å²) in [7, 11) is 3.42. The number of rotatable bonds is 5. The molecule has 1 aliphatic carbocycles. The van der Waals surface area contributed by atoms with Crippen LogP contribution in [0.15, 0.2) is 18.2 Å². The highest BCUT2D eigenvalue weighted by Gasteiger charge is 2.48. The van der Waals surface area contributed by atoms with Crippen LogP contribution in [-0.4, -0.2) is 25.2 Å². The minimum atomic E-state index is -0.735. The number of benzene rings is 1. The van der Waals surface area contributed by atoms with Gasteiger partial charge in [-0.25, -0.2) is 0 Å². The summed E-state index contributed by atoms with van der Waals surface area (Å²) in [5, 5.41) is 12.8. The smallest absolute Gasteiger partial charge is 0.306 e. The summed E-state index contributed by atoms with van der Waals surface area (Å²) >= 11 is 6.00. The van der Waals surface area contributed by atoms with Gasteiger partial charge in [-0.3, -0.25) is 4.79 Å². The number of carboxylic acids is 1. The number of carboxylic acid groups (broad SMARTS) is 1. The van der Waals surface area contributed by atoms with Crippen LogP contribution in [0.5, 0.6) is 5.75 Å². The molecule has 0 radical (unpaired) electrons. The minimum absolute atomic E-state index is 0.0419. The summed E-state index contributed by atoms with van der Waals surface area (Å²) in [4.78, 5) is 11.0. The Hall–Kier alpha value is -1.26. The number of hydrogen-bond donors (Lipinski definition) is 2. The Bertz CT molecular complexity index is 464. The normalized spacial score (nSPS) is 23.5. The summed E-state index contributed by atoms with van der Waals surface area (Å²) in [6.45, 7) is 0. The van der Waals surface area contributed by atoms with Gasteiger partial charge in [-0.2, -0.15) is 0 Å². The maximum atomic E-state index is 11.0. The molecule has 1 aromatic rings. The van der Waals surface area contributed by atoms with E-state index in [2.05, 4.69) is 5.32 Å². The Labute approximate surface area is 111 Å². The van der Waals surface area contributed by atoms with Gasteiger partial charge >= 0.3 is 5.97 Å². The molecule has 3 atom stereocenters. The average Bonchev–Trinajstić information content (AvgIpc) is 3.11. The highest BCUT2D eigenvalue weighted by molar-refractivity contribution is 6.30. The molecule has 1 fully saturated rings. The SMILES string of the molecule is CNC(c1cc(Cl)ccc1OC)C1CC1C(=O)O. The number of carbonyl (C=O) groups is 1. The molecule has 1 saturated carbocycles. The van der Waals surface area contributed by atoms with Gasteiger partial charge < -0.3 is 15.2 Å². The van der Waals surface area contributed by atoms with Gasteiger partial charge in [0.1, 0.15) is 5.75 Å². The van der Waals surface area contributed by atoms with Crippen LogP contribution >= 0.6 is 11.6 Å². The Morgan fingerprint density at radius 1 is 1.61 bits per heavy atom. The molecule has 1 aliphatic rings. The Kier molecular flexibility index (Phi) is 3.78. The molecule has 2 N–H and O–H groups in total. The van der Waals surface area contributed by atoms with E-state index in [1.54, 1.807) is 19.2 Å². The monoisotopic (exact) mass is 269 g/mol. The molecule has 2 rings (SSSR count). The molecule has 1 aromatic carbocycles. The van der Waals surface area contributed by atoms with Gasteiger partial charge in [-0.1, -0.05) is 11.6 Å². The molecule has 0 bridgehead atoms. The lowest BCUT2D eigenvalue weighted by Gasteiger charge is -2.19. The number of halogens is 1. The van der Waals surface area contributed by atoms with Crippen molar-refractivity contribution in [1.29, 1.82) is 0 Å². The maximum Gasteiger partial charge on any atom is 0.306 e. The van der Waals surface area contributed by atoms with Crippen LogP contribution in [0.25, 0.3) is 0 Å². The number of nitrogens with one attached hydrogen (secondary N) is 1. The molecule has 0 amide bonds. The van der Waals surface area contributed by atoms with Crippen molar-refractivity contribution < 1.29 is 14.6 Å². The van der Waals surface area contributed by atoms with Gasteiger partial charge in [-0.05, 0) is 37.6 Å². The lowest BCUT2D eigenvalue weighted by molar-refractivity contribution is -0.138. The van der Waals surface area contributed by atoms with E-state index in [0.717, 1.165) is 11.3 Å². The molecule has 0 aromatic heterocycles. The second-order valence-corrected chi connectivity index (χ2v) is 4.93. The van der Waals surface area contributed by atoms with Crippen LogP contribution in [0.4, 0.5) is 0 Å². The fourth-order valence-corrected chi connectivity index (χ4v) is 2.60. The molecular weight excluding hydrogens is 254 g/mol. The second-order valence-electron chi connectivity index (χ2n) is 4.50. The van der Waals surface area contributed by atoms with Crippen molar-refractivity contribution in [1.82, 2.24) is 5.32 Å². The topological polar surface area (TPSA) is 58.6 Å². The van der Waals surface area contributed by atoms with Crippen molar-refractivity contribution in [3.05, 3.63) is 28.8 Å². The fraction of sp³-hybridized carbons (Fsp3) is 0.462. The number of methoxy groups -OCH3 is 1. The molecule has 18 heavy (non-hydrogen) atoms. The van der Waals surface area contributed by atoms with Crippen molar-refractivity contribution in [2.75, 3.05) is 14.2 Å². The van der Waals surface area contributed by atoms with Crippen LogP contribution in [0.1, 0.15) is 18.0 Å². The van der Waals surface area contributed by atoms with Gasteiger partial charge in [0.05, 0.1) is 13.0 Å². The lowest BCUT2D eigenvalue weighted by Crippen LogP contribution is -2.21. The number of ether oxygens (including phenoxy) is 1. The van der Waals surface area contributed by atoms with E-state index in [1.807, 2.05) is 13.1 Å². The molecule has 4 nitrogen and oxygen atoms in total. The molecule has 0 saturated heterocycles. The van der Waals surface area contributed by atoms with Crippen molar-refractivity contribution in [2.45, 2.75) is 12.5 Å². The van der Waals surface area contributed by atoms with Crippen molar-refractivity contribution in [3.8, 4) is 5.75 Å². The van der Waals surface area contributed by atoms with E-state index in [9.17, 15) is 4.79 Å². The molecule has 3 unspecified atom stereocenters. The third-order valence-corrected chi connectivity index (χ3v) is 3.66. The Morgan fingerprint density at radius 3 is 2.83 bits per heavy atom. The van der Waals surface area contributed by atoms with E-state index in [-0.39, 0.29) is 17.9 Å². The predicted octanol–water partition coefficient (Wildman–Crippen LogP) is 2.33. The van der Waals surface area contributed by atoms with Gasteiger partial charge in [0.2, 0.25) is 0 Å². The number of aliphatic carboxylic acids is 1. The van der Waals surface area contributed by atoms with Crippen LogP contribution in [-0.2, 0) is 4.79 Å². The quantitative estimate of drug-likeness (QED) is 0.861. The first-order chi connectivity index (χ1) is 8.58. The summed E-state index contributed by atoms with van der Waals surface area (Å²) in [6.07, 6.45) is 0.691. The van der Waals surface area contributed by atoms with E-state index >= 15 is 0 Å². The van der Waals surface area contributed by atoms with E-state index < -0.39 is 5.97 Å². The molecule has 0 heterocycles. The largest absolute Gasteiger partial charge is 0.496 e. The fourth-order valence-electron chi connectivity index (χ4n) is 2.42. The lowest BCUT2D eigenvalue weighted by atomic mass is 10.00. The standard InChI is InChI=1S/C13H16ClNO3/c1-15-12(8-6-9(8)13(16)17)10-5-7(14)3-4-11(10)18-2/h3-5,8-9,12,15H,6H2,1-2H3,(H,16,17). The average molecular weight is 270 g/mol. The van der Waals surface area contributed by atoms with Crippen LogP contribution in [0.3, 0.4) is 0 Å². The first-order valence-corrected chi connectivity index (χ1v) is 6.19. The summed E-state index contributed by atoms with van der Waals surface area (Å²) in [6, 6.07) is 5.36. The first kappa shape index (κ1) is 13.2. The predicted molar refractivity (Wildman–Crippen MR) is 69.0 cm³/mol. The second kappa shape index (κ2) is 5.16. The van der Waals surface area contributed by atoms with Gasteiger partial charge in [-0.15, -0.1) is 0 Å².